The number of carbonyl (C=O) groups excluding carboxylic acids is 1. The zero-order valence-electron chi connectivity index (χ0n) is 8.98. The monoisotopic (exact) mass is 231 g/mol. The number of hydrogen-bond donors (Lipinski definition) is 0. The van der Waals surface area contributed by atoms with Gasteiger partial charge in [-0.1, -0.05) is 18.2 Å². The minimum Gasteiger partial charge on any atom is -0.356 e. The molecule has 0 aliphatic carbocycles. The number of hydrogen-bond acceptors (Lipinski definition) is 3. The molecule has 16 heavy (non-hydrogen) atoms. The third-order valence-electron chi connectivity index (χ3n) is 2.98. The van der Waals surface area contributed by atoms with Crippen LogP contribution in [0.2, 0.25) is 0 Å². The lowest BCUT2D eigenvalue weighted by Crippen LogP contribution is -2.34. The Labute approximate surface area is 98.5 Å². The van der Waals surface area contributed by atoms with Gasteiger partial charge in [0.25, 0.3) is 0 Å². The molecule has 2 aromatic rings. The molecule has 0 saturated carbocycles. The van der Waals surface area contributed by atoms with Crippen molar-refractivity contribution in [3.63, 3.8) is 0 Å². The molecule has 82 valence electrons. The third kappa shape index (κ3) is 1.71. The molecule has 0 unspecified atom stereocenters. The van der Waals surface area contributed by atoms with E-state index in [2.05, 4.69) is 35.2 Å². The van der Waals surface area contributed by atoms with Crippen LogP contribution in [0.15, 0.2) is 30.3 Å². The molecule has 2 nitrogen and oxygen atoms in total. The lowest BCUT2D eigenvalue weighted by Gasteiger charge is -2.26. The maximum atomic E-state index is 11.4. The van der Waals surface area contributed by atoms with Crippen molar-refractivity contribution in [1.82, 2.24) is 0 Å². The van der Waals surface area contributed by atoms with E-state index in [1.807, 2.05) is 0 Å². The zero-order chi connectivity index (χ0) is 11.0. The predicted octanol–water partition coefficient (Wildman–Crippen LogP) is 3.07. The molecule has 1 saturated heterocycles. The van der Waals surface area contributed by atoms with Gasteiger partial charge >= 0.3 is 0 Å². The molecule has 3 rings (SSSR count). The van der Waals surface area contributed by atoms with Gasteiger partial charge in [-0.2, -0.15) is 0 Å². The summed E-state index contributed by atoms with van der Waals surface area (Å²) in [7, 11) is 0. The SMILES string of the molecule is O=C1CCCN(c2cc3ccccc3s2)C1. The van der Waals surface area contributed by atoms with Crippen LogP contribution in [0.3, 0.4) is 0 Å². The summed E-state index contributed by atoms with van der Waals surface area (Å²) in [4.78, 5) is 13.6. The third-order valence-corrected chi connectivity index (χ3v) is 4.15. The molecule has 0 N–H and O–H groups in total. The van der Waals surface area contributed by atoms with Gasteiger partial charge in [0.05, 0.1) is 11.5 Å². The number of benzene rings is 1. The number of carbonyl (C=O) groups is 1. The molecule has 0 atom stereocenters. The number of fused-ring (bicyclic) bond motifs is 1. The average Bonchev–Trinajstić information content (AvgIpc) is 2.72. The lowest BCUT2D eigenvalue weighted by atomic mass is 10.1. The second-order valence-corrected chi connectivity index (χ2v) is 5.25. The van der Waals surface area contributed by atoms with Crippen molar-refractivity contribution in [2.24, 2.45) is 0 Å². The Morgan fingerprint density at radius 1 is 1.25 bits per heavy atom. The van der Waals surface area contributed by atoms with Gasteiger partial charge in [0.2, 0.25) is 0 Å². The highest BCUT2D eigenvalue weighted by molar-refractivity contribution is 7.22. The molecular weight excluding hydrogens is 218 g/mol. The summed E-state index contributed by atoms with van der Waals surface area (Å²) >= 11 is 1.78. The Morgan fingerprint density at radius 3 is 2.94 bits per heavy atom. The van der Waals surface area contributed by atoms with Crippen molar-refractivity contribution in [2.75, 3.05) is 18.0 Å². The van der Waals surface area contributed by atoms with Crippen LogP contribution in [0.25, 0.3) is 10.1 Å². The number of rotatable bonds is 1. The summed E-state index contributed by atoms with van der Waals surface area (Å²) in [5, 5.41) is 2.51. The molecule has 0 spiro atoms. The minimum atomic E-state index is 0.365. The fraction of sp³-hybridized carbons (Fsp3) is 0.308. The Balaban J connectivity index is 1.96. The van der Waals surface area contributed by atoms with Crippen LogP contribution >= 0.6 is 11.3 Å². The standard InChI is InChI=1S/C13H13NOS/c15-11-5-3-7-14(9-11)13-8-10-4-1-2-6-12(10)16-13/h1-2,4,6,8H,3,5,7,9H2. The minimum absolute atomic E-state index is 0.365. The van der Waals surface area contributed by atoms with E-state index in [-0.39, 0.29) is 0 Å². The van der Waals surface area contributed by atoms with E-state index in [1.54, 1.807) is 11.3 Å². The Morgan fingerprint density at radius 2 is 2.12 bits per heavy atom. The van der Waals surface area contributed by atoms with Gasteiger partial charge < -0.3 is 4.90 Å². The second-order valence-electron chi connectivity index (χ2n) is 4.19. The number of thiophene rings is 1. The first-order valence-electron chi connectivity index (χ1n) is 5.58. The summed E-state index contributed by atoms with van der Waals surface area (Å²) in [5.74, 6) is 0.365. The van der Waals surface area contributed by atoms with Gasteiger partial charge in [0, 0.05) is 17.7 Å². The molecule has 1 aliphatic heterocycles. The van der Waals surface area contributed by atoms with Crippen LogP contribution in [-0.4, -0.2) is 18.9 Å². The highest BCUT2D eigenvalue weighted by atomic mass is 32.1. The smallest absolute Gasteiger partial charge is 0.152 e. The van der Waals surface area contributed by atoms with E-state index in [1.165, 1.54) is 15.1 Å². The van der Waals surface area contributed by atoms with Crippen LogP contribution in [0.4, 0.5) is 5.00 Å². The topological polar surface area (TPSA) is 20.3 Å². The van der Waals surface area contributed by atoms with E-state index in [0.717, 1.165) is 19.4 Å². The van der Waals surface area contributed by atoms with Crippen molar-refractivity contribution >= 4 is 32.2 Å². The van der Waals surface area contributed by atoms with Crippen molar-refractivity contribution in [3.8, 4) is 0 Å². The Kier molecular flexibility index (Phi) is 2.40. The van der Waals surface area contributed by atoms with Crippen LogP contribution in [0, 0.1) is 0 Å². The molecule has 3 heteroatoms. The highest BCUT2D eigenvalue weighted by Crippen LogP contribution is 2.33. The first kappa shape index (κ1) is 9.85. The van der Waals surface area contributed by atoms with Gasteiger partial charge in [0.15, 0.2) is 5.78 Å². The highest BCUT2D eigenvalue weighted by Gasteiger charge is 2.18. The maximum absolute atomic E-state index is 11.4. The molecule has 2 heterocycles. The summed E-state index contributed by atoms with van der Waals surface area (Å²) in [5.41, 5.74) is 0. The van der Waals surface area contributed by atoms with Crippen molar-refractivity contribution in [3.05, 3.63) is 30.3 Å². The summed E-state index contributed by atoms with van der Waals surface area (Å²) in [6.07, 6.45) is 1.74. The normalized spacial score (nSPS) is 17.0. The molecule has 1 aliphatic rings. The lowest BCUT2D eigenvalue weighted by molar-refractivity contribution is -0.118. The zero-order valence-corrected chi connectivity index (χ0v) is 9.80. The Hall–Kier alpha value is -1.35. The first-order chi connectivity index (χ1) is 7.83. The van der Waals surface area contributed by atoms with Crippen LogP contribution in [0.1, 0.15) is 12.8 Å². The summed E-state index contributed by atoms with van der Waals surface area (Å²) in [6, 6.07) is 10.6. The van der Waals surface area contributed by atoms with E-state index < -0.39 is 0 Å². The van der Waals surface area contributed by atoms with E-state index in [0.29, 0.717) is 12.3 Å². The van der Waals surface area contributed by atoms with E-state index in [9.17, 15) is 4.79 Å². The van der Waals surface area contributed by atoms with Gasteiger partial charge in [-0.05, 0) is 23.9 Å². The van der Waals surface area contributed by atoms with Crippen LogP contribution in [0.5, 0.6) is 0 Å². The van der Waals surface area contributed by atoms with Gasteiger partial charge in [-0.15, -0.1) is 11.3 Å². The van der Waals surface area contributed by atoms with Crippen LogP contribution < -0.4 is 4.90 Å². The number of anilines is 1. The first-order valence-corrected chi connectivity index (χ1v) is 6.40. The number of Topliss-reactive ketones (excluding diaryl/α,β-unsaturated/α-hetero) is 1. The quantitative estimate of drug-likeness (QED) is 0.751. The molecule has 1 aromatic heterocycles. The fourth-order valence-corrected chi connectivity index (χ4v) is 3.24. The van der Waals surface area contributed by atoms with Gasteiger partial charge in [-0.3, -0.25) is 4.79 Å². The van der Waals surface area contributed by atoms with Gasteiger partial charge in [0.1, 0.15) is 0 Å². The maximum Gasteiger partial charge on any atom is 0.152 e. The van der Waals surface area contributed by atoms with Gasteiger partial charge in [-0.25, -0.2) is 0 Å². The Bertz CT molecular complexity index is 498. The average molecular weight is 231 g/mol. The van der Waals surface area contributed by atoms with Crippen molar-refractivity contribution in [1.29, 1.82) is 0 Å². The number of piperidine rings is 1. The molecule has 1 fully saturated rings. The number of nitrogens with zero attached hydrogens (tertiary/aromatic N) is 1. The number of ketones is 1. The fourth-order valence-electron chi connectivity index (χ4n) is 2.15. The predicted molar refractivity (Wildman–Crippen MR) is 68.3 cm³/mol. The van der Waals surface area contributed by atoms with Crippen LogP contribution in [-0.2, 0) is 4.79 Å². The summed E-state index contributed by atoms with van der Waals surface area (Å²) in [6.45, 7) is 1.60. The molecule has 0 amide bonds. The second kappa shape index (κ2) is 3.91. The molecule has 0 radical (unpaired) electrons. The van der Waals surface area contributed by atoms with Crippen molar-refractivity contribution in [2.45, 2.75) is 12.8 Å². The van der Waals surface area contributed by atoms with E-state index >= 15 is 0 Å². The van der Waals surface area contributed by atoms with E-state index in [4.69, 9.17) is 0 Å². The molecule has 0 bridgehead atoms. The summed E-state index contributed by atoms with van der Waals surface area (Å²) < 4.78 is 1.30. The van der Waals surface area contributed by atoms with Crippen molar-refractivity contribution < 1.29 is 4.79 Å². The largest absolute Gasteiger partial charge is 0.356 e. The molecular formula is C13H13NOS. The molecule has 1 aromatic carbocycles.